The zero-order valence-electron chi connectivity index (χ0n) is 10.8. The Balaban J connectivity index is 1.82. The first-order valence-corrected chi connectivity index (χ1v) is 7.17. The van der Waals surface area contributed by atoms with Gasteiger partial charge in [0.1, 0.15) is 12.7 Å². The Morgan fingerprint density at radius 2 is 2.47 bits per heavy atom. The van der Waals surface area contributed by atoms with Gasteiger partial charge in [0.05, 0.1) is 12.6 Å². The number of nitrogens with one attached hydrogen (secondary N) is 1. The molecule has 1 aliphatic heterocycles. The van der Waals surface area contributed by atoms with Crippen molar-refractivity contribution in [1.29, 1.82) is 0 Å². The van der Waals surface area contributed by atoms with Crippen LogP contribution >= 0.6 is 11.3 Å². The van der Waals surface area contributed by atoms with Crippen molar-refractivity contribution in [1.82, 2.24) is 5.32 Å². The van der Waals surface area contributed by atoms with Gasteiger partial charge in [0.15, 0.2) is 0 Å². The maximum absolute atomic E-state index is 11.9. The third kappa shape index (κ3) is 4.06. The fraction of sp³-hybridized carbons (Fsp3) is 0.500. The predicted octanol–water partition coefficient (Wildman–Crippen LogP) is 1.28. The molecule has 0 radical (unpaired) electrons. The molecule has 5 heteroatoms. The fourth-order valence-electron chi connectivity index (χ4n) is 1.96. The van der Waals surface area contributed by atoms with Crippen LogP contribution in [0.15, 0.2) is 11.4 Å². The van der Waals surface area contributed by atoms with E-state index >= 15 is 0 Å². The van der Waals surface area contributed by atoms with Gasteiger partial charge in [-0.3, -0.25) is 4.79 Å². The van der Waals surface area contributed by atoms with E-state index in [4.69, 9.17) is 9.84 Å². The van der Waals surface area contributed by atoms with Crippen LogP contribution in [-0.4, -0.2) is 29.8 Å². The number of rotatable bonds is 3. The summed E-state index contributed by atoms with van der Waals surface area (Å²) in [4.78, 5) is 12.9. The minimum Gasteiger partial charge on any atom is -0.384 e. The van der Waals surface area contributed by atoms with Crippen molar-refractivity contribution in [2.75, 3.05) is 6.61 Å². The highest BCUT2D eigenvalue weighted by atomic mass is 32.1. The number of aliphatic hydroxyl groups is 1. The van der Waals surface area contributed by atoms with Gasteiger partial charge in [0.2, 0.25) is 5.91 Å². The van der Waals surface area contributed by atoms with Gasteiger partial charge in [0.25, 0.3) is 0 Å². The van der Waals surface area contributed by atoms with E-state index in [-0.39, 0.29) is 24.7 Å². The maximum Gasteiger partial charge on any atom is 0.249 e. The van der Waals surface area contributed by atoms with E-state index in [0.29, 0.717) is 6.54 Å². The lowest BCUT2D eigenvalue weighted by Crippen LogP contribution is -2.33. The molecule has 1 amide bonds. The molecule has 0 saturated carbocycles. The average molecular weight is 279 g/mol. The summed E-state index contributed by atoms with van der Waals surface area (Å²) in [5, 5.41) is 13.4. The molecule has 102 valence electrons. The van der Waals surface area contributed by atoms with Gasteiger partial charge in [-0.15, -0.1) is 11.3 Å². The summed E-state index contributed by atoms with van der Waals surface area (Å²) in [7, 11) is 0. The molecule has 1 aromatic heterocycles. The van der Waals surface area contributed by atoms with E-state index in [2.05, 4.69) is 17.2 Å². The molecular formula is C14H17NO3S. The molecular weight excluding hydrogens is 262 g/mol. The molecule has 1 saturated heterocycles. The summed E-state index contributed by atoms with van der Waals surface area (Å²) < 4.78 is 5.51. The van der Waals surface area contributed by atoms with E-state index in [0.717, 1.165) is 23.3 Å². The molecule has 0 aromatic carbocycles. The van der Waals surface area contributed by atoms with Crippen LogP contribution in [0.3, 0.4) is 0 Å². The zero-order chi connectivity index (χ0) is 13.7. The molecule has 2 rings (SSSR count). The summed E-state index contributed by atoms with van der Waals surface area (Å²) in [6.45, 7) is 2.34. The second-order valence-corrected chi connectivity index (χ2v) is 5.49. The summed E-state index contributed by atoms with van der Waals surface area (Å²) in [6.07, 6.45) is 1.62. The standard InChI is InChI=1S/C14H17NO3S/c1-10-4-5-13(18-10)14(17)15-8-12-7-11(9-19-12)3-2-6-16/h7,9-10,13,16H,4-6,8H2,1H3,(H,15,17). The monoisotopic (exact) mass is 279 g/mol. The molecule has 19 heavy (non-hydrogen) atoms. The van der Waals surface area contributed by atoms with Crippen molar-refractivity contribution < 1.29 is 14.6 Å². The SMILES string of the molecule is CC1CCC(C(=O)NCc2cc(C#CCO)cs2)O1. The molecule has 2 unspecified atom stereocenters. The van der Waals surface area contributed by atoms with Gasteiger partial charge >= 0.3 is 0 Å². The summed E-state index contributed by atoms with van der Waals surface area (Å²) in [6, 6.07) is 1.92. The van der Waals surface area contributed by atoms with E-state index in [1.165, 1.54) is 0 Å². The van der Waals surface area contributed by atoms with Gasteiger partial charge < -0.3 is 15.2 Å². The Morgan fingerprint density at radius 1 is 1.63 bits per heavy atom. The van der Waals surface area contributed by atoms with Crippen LogP contribution in [-0.2, 0) is 16.1 Å². The molecule has 0 spiro atoms. The highest BCUT2D eigenvalue weighted by molar-refractivity contribution is 7.10. The van der Waals surface area contributed by atoms with E-state index < -0.39 is 0 Å². The fourth-order valence-corrected chi connectivity index (χ4v) is 2.72. The van der Waals surface area contributed by atoms with Crippen molar-refractivity contribution in [3.63, 3.8) is 0 Å². The average Bonchev–Trinajstić information content (AvgIpc) is 3.02. The van der Waals surface area contributed by atoms with Gasteiger partial charge in [-0.25, -0.2) is 0 Å². The number of thiophene rings is 1. The number of aliphatic hydroxyl groups excluding tert-OH is 1. The van der Waals surface area contributed by atoms with Crippen LogP contribution in [0.1, 0.15) is 30.2 Å². The van der Waals surface area contributed by atoms with E-state index in [1.807, 2.05) is 18.4 Å². The smallest absolute Gasteiger partial charge is 0.249 e. The third-order valence-corrected chi connectivity index (χ3v) is 3.86. The van der Waals surface area contributed by atoms with Crippen LogP contribution in [0.25, 0.3) is 0 Å². The lowest BCUT2D eigenvalue weighted by atomic mass is 10.2. The third-order valence-electron chi connectivity index (χ3n) is 2.93. The van der Waals surface area contributed by atoms with Crippen molar-refractivity contribution in [3.05, 3.63) is 21.9 Å². The predicted molar refractivity (Wildman–Crippen MR) is 73.7 cm³/mol. The summed E-state index contributed by atoms with van der Waals surface area (Å²) >= 11 is 1.55. The molecule has 2 N–H and O–H groups in total. The quantitative estimate of drug-likeness (QED) is 0.819. The molecule has 2 heterocycles. The van der Waals surface area contributed by atoms with Crippen molar-refractivity contribution in [3.8, 4) is 11.8 Å². The van der Waals surface area contributed by atoms with Gasteiger partial charge in [-0.1, -0.05) is 11.8 Å². The van der Waals surface area contributed by atoms with Crippen molar-refractivity contribution in [2.24, 2.45) is 0 Å². The number of hydrogen-bond acceptors (Lipinski definition) is 4. The van der Waals surface area contributed by atoms with Gasteiger partial charge in [-0.2, -0.15) is 0 Å². The second-order valence-electron chi connectivity index (χ2n) is 4.49. The van der Waals surface area contributed by atoms with Gasteiger partial charge in [0, 0.05) is 15.8 Å². The minimum atomic E-state index is -0.302. The molecule has 2 atom stereocenters. The highest BCUT2D eigenvalue weighted by Gasteiger charge is 2.27. The Hall–Kier alpha value is -1.35. The van der Waals surface area contributed by atoms with Crippen LogP contribution < -0.4 is 5.32 Å². The van der Waals surface area contributed by atoms with E-state index in [1.54, 1.807) is 11.3 Å². The molecule has 0 aliphatic carbocycles. The first-order chi connectivity index (χ1) is 9.19. The largest absolute Gasteiger partial charge is 0.384 e. The van der Waals surface area contributed by atoms with E-state index in [9.17, 15) is 4.79 Å². The van der Waals surface area contributed by atoms with Crippen molar-refractivity contribution in [2.45, 2.75) is 38.5 Å². The number of carbonyl (C=O) groups is 1. The Labute approximate surface area is 116 Å². The van der Waals surface area contributed by atoms with Crippen LogP contribution in [0, 0.1) is 11.8 Å². The molecule has 4 nitrogen and oxygen atoms in total. The first kappa shape index (κ1) is 14.1. The number of carbonyl (C=O) groups excluding carboxylic acids is 1. The first-order valence-electron chi connectivity index (χ1n) is 6.29. The topological polar surface area (TPSA) is 58.6 Å². The van der Waals surface area contributed by atoms with Gasteiger partial charge in [-0.05, 0) is 25.8 Å². The summed E-state index contributed by atoms with van der Waals surface area (Å²) in [5.74, 6) is 5.39. The molecule has 1 aliphatic rings. The number of hydrogen-bond donors (Lipinski definition) is 2. The van der Waals surface area contributed by atoms with Crippen LogP contribution in [0.5, 0.6) is 0 Å². The van der Waals surface area contributed by atoms with Crippen LogP contribution in [0.2, 0.25) is 0 Å². The van der Waals surface area contributed by atoms with Crippen molar-refractivity contribution >= 4 is 17.2 Å². The number of ether oxygens (including phenoxy) is 1. The lowest BCUT2D eigenvalue weighted by Gasteiger charge is -2.10. The minimum absolute atomic E-state index is 0.0410. The van der Waals surface area contributed by atoms with Crippen LogP contribution in [0.4, 0.5) is 0 Å². The highest BCUT2D eigenvalue weighted by Crippen LogP contribution is 2.19. The summed E-state index contributed by atoms with van der Waals surface area (Å²) in [5.41, 5.74) is 0.869. The molecule has 1 fully saturated rings. The normalized spacial score (nSPS) is 21.8. The Morgan fingerprint density at radius 3 is 3.16 bits per heavy atom. The lowest BCUT2D eigenvalue weighted by molar-refractivity contribution is -0.131. The Kier molecular flexibility index (Phi) is 4.97. The zero-order valence-corrected chi connectivity index (χ0v) is 11.6. The second kappa shape index (κ2) is 6.71. The Bertz CT molecular complexity index is 500. The molecule has 1 aromatic rings. The molecule has 0 bridgehead atoms. The number of amides is 1. The maximum atomic E-state index is 11.9.